The molecule has 9 unspecified atom stereocenters. The average Bonchev–Trinajstić information content (AvgIpc) is 3.52. The third-order valence-electron chi connectivity index (χ3n) is 10.2. The standard InChI is InChI=1S/C15H15F13.C9H16/c1-5-6(2)8-3-7(5)4-9(8)10(16,17)11(18,19)12(20,21)13(22,23)14(24,25)15(26,27)28;1-6-7(2)9-4-3-8(6)5-9/h5-9H,3-4H2,1-2H3;6-9H,3-5H2,1-2H3. The van der Waals surface area contributed by atoms with Gasteiger partial charge in [-0.3, -0.25) is 0 Å². The van der Waals surface area contributed by atoms with Gasteiger partial charge in [0, 0.05) is 5.92 Å². The maximum absolute atomic E-state index is 14.3. The number of rotatable bonds is 5. The van der Waals surface area contributed by atoms with Crippen LogP contribution in [-0.4, -0.2) is 35.8 Å². The van der Waals surface area contributed by atoms with Crippen LogP contribution in [0, 0.1) is 53.3 Å². The van der Waals surface area contributed by atoms with E-state index in [0.717, 1.165) is 23.7 Å². The Morgan fingerprint density at radius 1 is 0.432 bits per heavy atom. The Labute approximate surface area is 206 Å². The fourth-order valence-corrected chi connectivity index (χ4v) is 7.24. The molecule has 0 spiro atoms. The van der Waals surface area contributed by atoms with Crippen molar-refractivity contribution < 1.29 is 57.1 Å². The summed E-state index contributed by atoms with van der Waals surface area (Å²) in [6.07, 6.45) is -3.58. The first kappa shape index (κ1) is 30.6. The van der Waals surface area contributed by atoms with E-state index in [4.69, 9.17) is 0 Å². The highest BCUT2D eigenvalue weighted by Crippen LogP contribution is 2.66. The topological polar surface area (TPSA) is 0 Å². The monoisotopic (exact) mass is 566 g/mol. The van der Waals surface area contributed by atoms with Crippen molar-refractivity contribution >= 4 is 0 Å². The van der Waals surface area contributed by atoms with Crippen molar-refractivity contribution in [1.29, 1.82) is 0 Å². The summed E-state index contributed by atoms with van der Waals surface area (Å²) in [5.41, 5.74) is 0. The van der Waals surface area contributed by atoms with Gasteiger partial charge in [0.1, 0.15) is 0 Å². The molecule has 4 rings (SSSR count). The molecular formula is C24H31F13. The third kappa shape index (κ3) is 4.25. The molecule has 0 radical (unpaired) electrons. The second-order valence-corrected chi connectivity index (χ2v) is 11.7. The molecule has 0 aromatic rings. The molecule has 0 aromatic heterocycles. The summed E-state index contributed by atoms with van der Waals surface area (Å²) in [6, 6.07) is 0. The Balaban J connectivity index is 0.000000349. The second kappa shape index (κ2) is 9.06. The quantitative estimate of drug-likeness (QED) is 0.291. The van der Waals surface area contributed by atoms with Crippen molar-refractivity contribution in [3.63, 3.8) is 0 Å². The zero-order valence-electron chi connectivity index (χ0n) is 20.6. The summed E-state index contributed by atoms with van der Waals surface area (Å²) < 4.78 is 172. The molecule has 0 amide bonds. The molecule has 4 bridgehead atoms. The number of fused-ring (bicyclic) bond motifs is 4. The van der Waals surface area contributed by atoms with Gasteiger partial charge in [-0.15, -0.1) is 0 Å². The molecular weight excluding hydrogens is 535 g/mol. The first-order valence-corrected chi connectivity index (χ1v) is 12.4. The summed E-state index contributed by atoms with van der Waals surface area (Å²) in [5, 5.41) is 0. The van der Waals surface area contributed by atoms with Gasteiger partial charge in [0.15, 0.2) is 0 Å². The highest BCUT2D eigenvalue weighted by molar-refractivity contribution is 5.14. The van der Waals surface area contributed by atoms with Crippen molar-refractivity contribution in [3.8, 4) is 0 Å². The highest BCUT2D eigenvalue weighted by Gasteiger charge is 2.91. The van der Waals surface area contributed by atoms with E-state index in [1.807, 2.05) is 0 Å². The lowest BCUT2D eigenvalue weighted by molar-refractivity contribution is -0.444. The maximum Gasteiger partial charge on any atom is 0.460 e. The van der Waals surface area contributed by atoms with Gasteiger partial charge < -0.3 is 0 Å². The molecule has 37 heavy (non-hydrogen) atoms. The lowest BCUT2D eigenvalue weighted by atomic mass is 9.71. The van der Waals surface area contributed by atoms with Gasteiger partial charge >= 0.3 is 35.8 Å². The Hall–Kier alpha value is -0.910. The fraction of sp³-hybridized carbons (Fsp3) is 1.00. The van der Waals surface area contributed by atoms with E-state index in [-0.39, 0.29) is 12.3 Å². The van der Waals surface area contributed by atoms with E-state index in [2.05, 4.69) is 13.8 Å². The van der Waals surface area contributed by atoms with Crippen LogP contribution in [0.15, 0.2) is 0 Å². The molecule has 0 aromatic carbocycles. The smallest absolute Gasteiger partial charge is 0.199 e. The summed E-state index contributed by atoms with van der Waals surface area (Å²) in [4.78, 5) is 0. The van der Waals surface area contributed by atoms with E-state index in [9.17, 15) is 57.1 Å². The summed E-state index contributed by atoms with van der Waals surface area (Å²) in [5.74, 6) is -37.3. The Bertz CT molecular complexity index is 813. The first-order valence-electron chi connectivity index (χ1n) is 12.4. The second-order valence-electron chi connectivity index (χ2n) is 11.7. The van der Waals surface area contributed by atoms with Crippen LogP contribution in [-0.2, 0) is 0 Å². The normalized spacial score (nSPS) is 38.7. The molecule has 0 heterocycles. The Morgan fingerprint density at radius 2 is 0.838 bits per heavy atom. The largest absolute Gasteiger partial charge is 0.460 e. The molecule has 4 saturated carbocycles. The molecule has 9 atom stereocenters. The SMILES string of the molecule is CC1C2CC(C1C)C(C(F)(F)C(F)(F)C(F)(F)C(F)(F)C(F)(F)C(F)(F)F)C2.CC1C2CCC(C2)C1C. The van der Waals surface area contributed by atoms with Crippen molar-refractivity contribution in [2.45, 2.75) is 95.6 Å². The minimum Gasteiger partial charge on any atom is -0.199 e. The first-order chi connectivity index (χ1) is 16.4. The average molecular weight is 566 g/mol. The van der Waals surface area contributed by atoms with Crippen LogP contribution in [0.4, 0.5) is 57.1 Å². The summed E-state index contributed by atoms with van der Waals surface area (Å²) >= 11 is 0. The van der Waals surface area contributed by atoms with Gasteiger partial charge in [0.2, 0.25) is 0 Å². The molecule has 13 heteroatoms. The fourth-order valence-electron chi connectivity index (χ4n) is 7.24. The van der Waals surface area contributed by atoms with Gasteiger partial charge in [0.05, 0.1) is 0 Å². The predicted molar refractivity (Wildman–Crippen MR) is 108 cm³/mol. The van der Waals surface area contributed by atoms with Crippen LogP contribution in [0.2, 0.25) is 0 Å². The molecule has 0 saturated heterocycles. The molecule has 218 valence electrons. The van der Waals surface area contributed by atoms with E-state index in [0.29, 0.717) is 0 Å². The van der Waals surface area contributed by atoms with Crippen LogP contribution in [0.25, 0.3) is 0 Å². The highest BCUT2D eigenvalue weighted by atomic mass is 19.4. The molecule has 4 aliphatic rings. The van der Waals surface area contributed by atoms with Crippen LogP contribution < -0.4 is 0 Å². The molecule has 4 fully saturated rings. The zero-order valence-corrected chi connectivity index (χ0v) is 20.6. The zero-order chi connectivity index (χ0) is 28.7. The van der Waals surface area contributed by atoms with Crippen molar-refractivity contribution in [1.82, 2.24) is 0 Å². The molecule has 0 nitrogen and oxygen atoms in total. The summed E-state index contributed by atoms with van der Waals surface area (Å²) in [7, 11) is 0. The number of alkyl halides is 13. The predicted octanol–water partition coefficient (Wildman–Crippen LogP) is 9.34. The van der Waals surface area contributed by atoms with E-state index in [1.165, 1.54) is 19.8 Å². The molecule has 0 aliphatic heterocycles. The minimum atomic E-state index is -7.82. The van der Waals surface area contributed by atoms with Gasteiger partial charge in [0.25, 0.3) is 0 Å². The molecule has 0 N–H and O–H groups in total. The number of hydrogen-bond donors (Lipinski definition) is 0. The Kier molecular flexibility index (Phi) is 7.50. The van der Waals surface area contributed by atoms with Gasteiger partial charge in [-0.1, -0.05) is 27.7 Å². The van der Waals surface area contributed by atoms with E-state index < -0.39 is 65.9 Å². The van der Waals surface area contributed by atoms with Crippen LogP contribution >= 0.6 is 0 Å². The lowest BCUT2D eigenvalue weighted by Crippen LogP contribution is -2.71. The van der Waals surface area contributed by atoms with Gasteiger partial charge in [-0.25, -0.2) is 0 Å². The van der Waals surface area contributed by atoms with Crippen molar-refractivity contribution in [3.05, 3.63) is 0 Å². The lowest BCUT2D eigenvalue weighted by Gasteiger charge is -2.44. The number of halogens is 13. The van der Waals surface area contributed by atoms with Crippen LogP contribution in [0.5, 0.6) is 0 Å². The van der Waals surface area contributed by atoms with Gasteiger partial charge in [-0.2, -0.15) is 57.1 Å². The minimum absolute atomic E-state index is 0.0840. The van der Waals surface area contributed by atoms with Crippen molar-refractivity contribution in [2.75, 3.05) is 0 Å². The van der Waals surface area contributed by atoms with Crippen LogP contribution in [0.1, 0.15) is 59.8 Å². The number of hydrogen-bond acceptors (Lipinski definition) is 0. The van der Waals surface area contributed by atoms with Crippen LogP contribution in [0.3, 0.4) is 0 Å². The Morgan fingerprint density at radius 3 is 1.16 bits per heavy atom. The van der Waals surface area contributed by atoms with Crippen molar-refractivity contribution in [2.24, 2.45) is 53.3 Å². The van der Waals surface area contributed by atoms with E-state index in [1.54, 1.807) is 13.3 Å². The van der Waals surface area contributed by atoms with E-state index >= 15 is 0 Å². The van der Waals surface area contributed by atoms with Gasteiger partial charge in [-0.05, 0) is 79.4 Å². The summed E-state index contributed by atoms with van der Waals surface area (Å²) in [6.45, 7) is 7.83. The molecule has 4 aliphatic carbocycles. The third-order valence-corrected chi connectivity index (χ3v) is 10.2. The maximum atomic E-state index is 14.3.